The number of rotatable bonds is 5. The molecule has 0 fully saturated rings. The van der Waals surface area contributed by atoms with Crippen molar-refractivity contribution in [2.75, 3.05) is 19.8 Å². The first-order valence-corrected chi connectivity index (χ1v) is 7.92. The largest absolute Gasteiger partial charge is 0.381 e. The van der Waals surface area contributed by atoms with Gasteiger partial charge in [0.2, 0.25) is 0 Å². The zero-order valence-corrected chi connectivity index (χ0v) is 12.6. The van der Waals surface area contributed by atoms with E-state index in [2.05, 4.69) is 25.7 Å². The van der Waals surface area contributed by atoms with Crippen molar-refractivity contribution in [3.63, 3.8) is 0 Å². The van der Waals surface area contributed by atoms with E-state index >= 15 is 0 Å². The van der Waals surface area contributed by atoms with Crippen molar-refractivity contribution in [1.82, 2.24) is 19.7 Å². The third-order valence-electron chi connectivity index (χ3n) is 3.54. The standard InChI is InChI=1S/C14H20N4OS/c1-2-19-11-12-7-17(10-14-15-5-6-20-14)9-13-3-4-16-18(13)8-12/h3-6,12H,2,7-11H2,1H3/t12-/m0/s1. The quantitative estimate of drug-likeness (QED) is 0.845. The lowest BCUT2D eigenvalue weighted by Gasteiger charge is -2.22. The SMILES string of the molecule is CCOC[C@H]1CN(Cc2nccs2)Cc2ccnn2C1. The first-order valence-electron chi connectivity index (χ1n) is 7.04. The topological polar surface area (TPSA) is 43.2 Å². The summed E-state index contributed by atoms with van der Waals surface area (Å²) in [4.78, 5) is 6.84. The van der Waals surface area contributed by atoms with Crippen LogP contribution in [0.25, 0.3) is 0 Å². The lowest BCUT2D eigenvalue weighted by Crippen LogP contribution is -2.30. The second-order valence-corrected chi connectivity index (χ2v) is 6.10. The van der Waals surface area contributed by atoms with Crippen LogP contribution in [-0.2, 0) is 24.4 Å². The van der Waals surface area contributed by atoms with Gasteiger partial charge < -0.3 is 4.74 Å². The Morgan fingerprint density at radius 2 is 2.35 bits per heavy atom. The monoisotopic (exact) mass is 292 g/mol. The molecule has 0 saturated heterocycles. The first kappa shape index (κ1) is 13.7. The Kier molecular flexibility index (Phi) is 4.44. The van der Waals surface area contributed by atoms with Crippen molar-refractivity contribution >= 4 is 11.3 Å². The summed E-state index contributed by atoms with van der Waals surface area (Å²) in [6, 6.07) is 2.11. The minimum absolute atomic E-state index is 0.482. The Morgan fingerprint density at radius 1 is 1.40 bits per heavy atom. The molecule has 1 atom stereocenters. The molecular weight excluding hydrogens is 272 g/mol. The third-order valence-corrected chi connectivity index (χ3v) is 4.30. The summed E-state index contributed by atoms with van der Waals surface area (Å²) in [6.07, 6.45) is 3.76. The number of thiazole rings is 1. The number of hydrogen-bond donors (Lipinski definition) is 0. The van der Waals surface area contributed by atoms with Crippen LogP contribution >= 0.6 is 11.3 Å². The summed E-state index contributed by atoms with van der Waals surface area (Å²) >= 11 is 1.72. The molecule has 2 aromatic rings. The fraction of sp³-hybridized carbons (Fsp3) is 0.571. The lowest BCUT2D eigenvalue weighted by atomic mass is 10.1. The maximum absolute atomic E-state index is 5.62. The Bertz CT molecular complexity index is 525. The van der Waals surface area contributed by atoms with E-state index in [1.54, 1.807) is 11.3 Å². The van der Waals surface area contributed by atoms with Crippen LogP contribution in [0.3, 0.4) is 0 Å². The van der Waals surface area contributed by atoms with Crippen molar-refractivity contribution in [1.29, 1.82) is 0 Å². The summed E-state index contributed by atoms with van der Waals surface area (Å²) < 4.78 is 7.74. The van der Waals surface area contributed by atoms with Crippen LogP contribution < -0.4 is 0 Å². The summed E-state index contributed by atoms with van der Waals surface area (Å²) in [5, 5.41) is 7.64. The molecular formula is C14H20N4OS. The van der Waals surface area contributed by atoms with Gasteiger partial charge in [0.15, 0.2) is 0 Å². The second-order valence-electron chi connectivity index (χ2n) is 5.13. The van der Waals surface area contributed by atoms with E-state index in [1.165, 1.54) is 10.7 Å². The summed E-state index contributed by atoms with van der Waals surface area (Å²) in [6.45, 7) is 7.43. The molecule has 0 bridgehead atoms. The maximum Gasteiger partial charge on any atom is 0.107 e. The van der Waals surface area contributed by atoms with E-state index in [-0.39, 0.29) is 0 Å². The smallest absolute Gasteiger partial charge is 0.107 e. The molecule has 6 heteroatoms. The molecule has 3 rings (SSSR count). The Hall–Kier alpha value is -1.24. The molecule has 0 N–H and O–H groups in total. The summed E-state index contributed by atoms with van der Waals surface area (Å²) in [7, 11) is 0. The van der Waals surface area contributed by atoms with Crippen molar-refractivity contribution in [3.05, 3.63) is 34.5 Å². The highest BCUT2D eigenvalue weighted by molar-refractivity contribution is 7.09. The average molecular weight is 292 g/mol. The molecule has 1 aliphatic heterocycles. The van der Waals surface area contributed by atoms with Crippen LogP contribution in [0.1, 0.15) is 17.6 Å². The number of hydrogen-bond acceptors (Lipinski definition) is 5. The molecule has 5 nitrogen and oxygen atoms in total. The number of fused-ring (bicyclic) bond motifs is 1. The van der Waals surface area contributed by atoms with Crippen molar-refractivity contribution in [2.45, 2.75) is 26.6 Å². The Balaban J connectivity index is 1.73. The summed E-state index contributed by atoms with van der Waals surface area (Å²) in [5.74, 6) is 0.482. The van der Waals surface area contributed by atoms with Crippen LogP contribution in [0.5, 0.6) is 0 Å². The fourth-order valence-corrected chi connectivity index (χ4v) is 3.31. The van der Waals surface area contributed by atoms with Gasteiger partial charge in [0.25, 0.3) is 0 Å². The molecule has 108 valence electrons. The lowest BCUT2D eigenvalue weighted by molar-refractivity contribution is 0.0841. The highest BCUT2D eigenvalue weighted by atomic mass is 32.1. The molecule has 0 unspecified atom stereocenters. The fourth-order valence-electron chi connectivity index (χ4n) is 2.65. The van der Waals surface area contributed by atoms with Gasteiger partial charge in [0.05, 0.1) is 18.8 Å². The van der Waals surface area contributed by atoms with Gasteiger partial charge in [-0.05, 0) is 13.0 Å². The zero-order valence-electron chi connectivity index (χ0n) is 11.7. The van der Waals surface area contributed by atoms with E-state index < -0.39 is 0 Å². The van der Waals surface area contributed by atoms with Gasteiger partial charge in [-0.3, -0.25) is 9.58 Å². The predicted octanol–water partition coefficient (Wildman–Crippen LogP) is 2.01. The molecule has 0 radical (unpaired) electrons. The maximum atomic E-state index is 5.62. The van der Waals surface area contributed by atoms with Crippen molar-refractivity contribution in [3.8, 4) is 0 Å². The predicted molar refractivity (Wildman–Crippen MR) is 78.4 cm³/mol. The van der Waals surface area contributed by atoms with Crippen LogP contribution in [0, 0.1) is 5.92 Å². The van der Waals surface area contributed by atoms with E-state index in [9.17, 15) is 0 Å². The Labute approximate surface area is 123 Å². The minimum Gasteiger partial charge on any atom is -0.381 e. The second kappa shape index (κ2) is 6.47. The van der Waals surface area contributed by atoms with Crippen LogP contribution in [-0.4, -0.2) is 39.4 Å². The van der Waals surface area contributed by atoms with E-state index in [0.717, 1.165) is 39.4 Å². The van der Waals surface area contributed by atoms with Gasteiger partial charge in [-0.2, -0.15) is 5.10 Å². The molecule has 3 heterocycles. The van der Waals surface area contributed by atoms with E-state index in [1.807, 2.05) is 24.7 Å². The summed E-state index contributed by atoms with van der Waals surface area (Å²) in [5.41, 5.74) is 1.28. The van der Waals surface area contributed by atoms with Crippen molar-refractivity contribution < 1.29 is 4.74 Å². The van der Waals surface area contributed by atoms with Gasteiger partial charge in [-0.25, -0.2) is 4.98 Å². The highest BCUT2D eigenvalue weighted by Crippen LogP contribution is 2.19. The zero-order chi connectivity index (χ0) is 13.8. The molecule has 0 saturated carbocycles. The van der Waals surface area contributed by atoms with Crippen LogP contribution in [0.4, 0.5) is 0 Å². The molecule has 0 aliphatic carbocycles. The van der Waals surface area contributed by atoms with E-state index in [4.69, 9.17) is 4.74 Å². The van der Waals surface area contributed by atoms with E-state index in [0.29, 0.717) is 5.92 Å². The average Bonchev–Trinajstić information content (AvgIpc) is 3.06. The van der Waals surface area contributed by atoms with Crippen molar-refractivity contribution in [2.24, 2.45) is 5.92 Å². The molecule has 20 heavy (non-hydrogen) atoms. The van der Waals surface area contributed by atoms with Gasteiger partial charge in [0.1, 0.15) is 5.01 Å². The van der Waals surface area contributed by atoms with Gasteiger partial charge >= 0.3 is 0 Å². The molecule has 0 aromatic carbocycles. The van der Waals surface area contributed by atoms with Crippen LogP contribution in [0.15, 0.2) is 23.8 Å². The first-order chi connectivity index (χ1) is 9.85. The molecule has 0 spiro atoms. The normalized spacial score (nSPS) is 19.8. The molecule has 0 amide bonds. The Morgan fingerprint density at radius 3 is 3.15 bits per heavy atom. The van der Waals surface area contributed by atoms with Gasteiger partial charge in [-0.15, -0.1) is 11.3 Å². The number of aromatic nitrogens is 3. The van der Waals surface area contributed by atoms with Gasteiger partial charge in [-0.1, -0.05) is 0 Å². The van der Waals surface area contributed by atoms with Gasteiger partial charge in [0, 0.05) is 49.9 Å². The molecule has 1 aliphatic rings. The number of ether oxygens (including phenoxy) is 1. The molecule has 2 aromatic heterocycles. The number of nitrogens with zero attached hydrogens (tertiary/aromatic N) is 4. The third kappa shape index (κ3) is 3.26. The van der Waals surface area contributed by atoms with Crippen LogP contribution in [0.2, 0.25) is 0 Å². The highest BCUT2D eigenvalue weighted by Gasteiger charge is 2.22. The minimum atomic E-state index is 0.482.